The van der Waals surface area contributed by atoms with Crippen molar-refractivity contribution in [2.45, 2.75) is 38.7 Å². The molecule has 5 nitrogen and oxygen atoms in total. The lowest BCUT2D eigenvalue weighted by Crippen LogP contribution is -2.41. The quantitative estimate of drug-likeness (QED) is 0.847. The molecule has 18 heavy (non-hydrogen) atoms. The van der Waals surface area contributed by atoms with Crippen LogP contribution in [-0.4, -0.2) is 34.6 Å². The van der Waals surface area contributed by atoms with Gasteiger partial charge in [-0.1, -0.05) is 0 Å². The van der Waals surface area contributed by atoms with E-state index >= 15 is 0 Å². The van der Waals surface area contributed by atoms with E-state index in [1.807, 2.05) is 13.8 Å². The van der Waals surface area contributed by atoms with E-state index in [1.54, 1.807) is 12.4 Å². The normalized spacial score (nSPS) is 22.7. The van der Waals surface area contributed by atoms with Gasteiger partial charge in [-0.2, -0.15) is 0 Å². The van der Waals surface area contributed by atoms with Crippen molar-refractivity contribution in [3.8, 4) is 0 Å². The largest absolute Gasteiger partial charge is 0.376 e. The van der Waals surface area contributed by atoms with Crippen molar-refractivity contribution in [2.24, 2.45) is 5.92 Å². The number of ether oxygens (including phenoxy) is 1. The van der Waals surface area contributed by atoms with Gasteiger partial charge >= 0.3 is 0 Å². The first-order valence-electron chi connectivity index (χ1n) is 6.47. The Labute approximate surface area is 107 Å². The molecular weight excluding hydrogens is 230 g/mol. The average Bonchev–Trinajstić information content (AvgIpc) is 2.80. The number of rotatable bonds is 4. The van der Waals surface area contributed by atoms with E-state index in [-0.39, 0.29) is 17.4 Å². The lowest BCUT2D eigenvalue weighted by molar-refractivity contribution is -0.135. The maximum atomic E-state index is 12.0. The number of hydrogen-bond donors (Lipinski definition) is 2. The highest BCUT2D eigenvalue weighted by molar-refractivity contribution is 5.78. The Balaban J connectivity index is 1.74. The van der Waals surface area contributed by atoms with Crippen LogP contribution in [0.4, 0.5) is 0 Å². The van der Waals surface area contributed by atoms with Crippen LogP contribution >= 0.6 is 0 Å². The number of H-pyrrole nitrogens is 1. The molecule has 100 valence electrons. The van der Waals surface area contributed by atoms with Crippen molar-refractivity contribution < 1.29 is 9.53 Å². The predicted molar refractivity (Wildman–Crippen MR) is 68.1 cm³/mol. The summed E-state index contributed by atoms with van der Waals surface area (Å²) in [6, 6.07) is 0. The Morgan fingerprint density at radius 1 is 1.67 bits per heavy atom. The lowest BCUT2D eigenvalue weighted by Gasteiger charge is -2.34. The summed E-state index contributed by atoms with van der Waals surface area (Å²) in [5.74, 6) is 1.12. The Hall–Kier alpha value is -1.36. The van der Waals surface area contributed by atoms with Gasteiger partial charge in [-0.25, -0.2) is 4.98 Å². The summed E-state index contributed by atoms with van der Waals surface area (Å²) in [5.41, 5.74) is -0.179. The third kappa shape index (κ3) is 3.57. The van der Waals surface area contributed by atoms with E-state index in [0.29, 0.717) is 13.2 Å². The van der Waals surface area contributed by atoms with Gasteiger partial charge in [-0.15, -0.1) is 0 Å². The topological polar surface area (TPSA) is 67.0 Å². The minimum absolute atomic E-state index is 0.0744. The van der Waals surface area contributed by atoms with E-state index < -0.39 is 0 Å². The molecule has 1 aromatic rings. The number of nitrogens with zero attached hydrogens (tertiary/aromatic N) is 1. The summed E-state index contributed by atoms with van der Waals surface area (Å²) in [4.78, 5) is 19.2. The minimum atomic E-state index is -0.179. The zero-order chi connectivity index (χ0) is 13.0. The Kier molecular flexibility index (Phi) is 4.01. The van der Waals surface area contributed by atoms with Crippen LogP contribution in [0.25, 0.3) is 0 Å². The van der Waals surface area contributed by atoms with E-state index in [2.05, 4.69) is 15.3 Å². The van der Waals surface area contributed by atoms with Gasteiger partial charge in [0.05, 0.1) is 5.60 Å². The second-order valence-electron chi connectivity index (χ2n) is 5.37. The molecule has 5 heteroatoms. The second kappa shape index (κ2) is 5.52. The fourth-order valence-corrected chi connectivity index (χ4v) is 2.34. The van der Waals surface area contributed by atoms with Crippen molar-refractivity contribution in [3.63, 3.8) is 0 Å². The zero-order valence-electron chi connectivity index (χ0n) is 11.0. The van der Waals surface area contributed by atoms with Crippen LogP contribution in [0.1, 0.15) is 32.5 Å². The van der Waals surface area contributed by atoms with E-state index in [0.717, 1.165) is 25.1 Å². The molecule has 2 rings (SSSR count). The third-order valence-electron chi connectivity index (χ3n) is 3.28. The molecule has 1 amide bonds. The maximum absolute atomic E-state index is 12.0. The molecule has 1 fully saturated rings. The van der Waals surface area contributed by atoms with Crippen molar-refractivity contribution in [2.75, 3.05) is 13.2 Å². The molecule has 0 aliphatic carbocycles. The number of aromatic amines is 1. The molecule has 1 aromatic heterocycles. The number of carbonyl (C=O) groups is 1. The summed E-state index contributed by atoms with van der Waals surface area (Å²) in [7, 11) is 0. The molecule has 0 aromatic carbocycles. The minimum Gasteiger partial charge on any atom is -0.376 e. The first kappa shape index (κ1) is 13.1. The Morgan fingerprint density at radius 3 is 3.17 bits per heavy atom. The molecular formula is C13H21N3O2. The fourth-order valence-electron chi connectivity index (χ4n) is 2.34. The first-order valence-corrected chi connectivity index (χ1v) is 6.47. The monoisotopic (exact) mass is 251 g/mol. The highest BCUT2D eigenvalue weighted by Crippen LogP contribution is 2.28. The Morgan fingerprint density at radius 2 is 2.50 bits per heavy atom. The van der Waals surface area contributed by atoms with Crippen molar-refractivity contribution in [1.82, 2.24) is 15.3 Å². The van der Waals surface area contributed by atoms with Gasteiger partial charge in [-0.3, -0.25) is 4.79 Å². The summed E-state index contributed by atoms with van der Waals surface area (Å²) in [6.45, 7) is 5.37. The van der Waals surface area contributed by atoms with E-state index in [9.17, 15) is 4.79 Å². The smallest absolute Gasteiger partial charge is 0.223 e. The number of imidazole rings is 1. The van der Waals surface area contributed by atoms with Gasteiger partial charge in [0.15, 0.2) is 0 Å². The van der Waals surface area contributed by atoms with Gasteiger partial charge in [0.2, 0.25) is 5.91 Å². The van der Waals surface area contributed by atoms with Crippen molar-refractivity contribution in [1.29, 1.82) is 0 Å². The van der Waals surface area contributed by atoms with Crippen molar-refractivity contribution >= 4 is 5.91 Å². The van der Waals surface area contributed by atoms with Gasteiger partial charge < -0.3 is 15.0 Å². The zero-order valence-corrected chi connectivity index (χ0v) is 11.0. The van der Waals surface area contributed by atoms with Gasteiger partial charge in [0, 0.05) is 37.9 Å². The van der Waals surface area contributed by atoms with E-state index in [4.69, 9.17) is 4.74 Å². The predicted octanol–water partition coefficient (Wildman–Crippen LogP) is 1.27. The molecule has 1 aliphatic rings. The van der Waals surface area contributed by atoms with Gasteiger partial charge in [0.1, 0.15) is 5.82 Å². The lowest BCUT2D eigenvalue weighted by atomic mass is 9.88. The number of amides is 1. The number of nitrogens with one attached hydrogen (secondary N) is 2. The standard InChI is InChI=1S/C13H21N3O2/c1-13(2)9-10(4-8-18-13)12(17)16-5-3-11-14-6-7-15-11/h6-7,10H,3-5,8-9H2,1-2H3,(H,14,15)(H,16,17)/t10-/m1/s1. The van der Waals surface area contributed by atoms with Crippen LogP contribution in [0.15, 0.2) is 12.4 Å². The first-order chi connectivity index (χ1) is 8.57. The maximum Gasteiger partial charge on any atom is 0.223 e. The summed E-state index contributed by atoms with van der Waals surface area (Å²) in [5, 5.41) is 2.97. The van der Waals surface area contributed by atoms with Crippen LogP contribution in [-0.2, 0) is 16.0 Å². The Bertz CT molecular complexity index is 387. The molecule has 1 atom stereocenters. The average molecular weight is 251 g/mol. The molecule has 0 radical (unpaired) electrons. The number of hydrogen-bond acceptors (Lipinski definition) is 3. The van der Waals surface area contributed by atoms with Gasteiger partial charge in [-0.05, 0) is 26.7 Å². The molecule has 1 aliphatic heterocycles. The molecule has 2 N–H and O–H groups in total. The van der Waals surface area contributed by atoms with Gasteiger partial charge in [0.25, 0.3) is 0 Å². The van der Waals surface area contributed by atoms with Crippen molar-refractivity contribution in [3.05, 3.63) is 18.2 Å². The summed E-state index contributed by atoms with van der Waals surface area (Å²) >= 11 is 0. The molecule has 0 spiro atoms. The van der Waals surface area contributed by atoms with Crippen LogP contribution in [0.5, 0.6) is 0 Å². The fraction of sp³-hybridized carbons (Fsp3) is 0.692. The number of carbonyl (C=O) groups excluding carboxylic acids is 1. The number of aromatic nitrogens is 2. The molecule has 1 saturated heterocycles. The SMILES string of the molecule is CC1(C)C[C@H](C(=O)NCCc2ncc[nH]2)CCO1. The summed E-state index contributed by atoms with van der Waals surface area (Å²) < 4.78 is 5.61. The highest BCUT2D eigenvalue weighted by Gasteiger charge is 2.32. The molecule has 2 heterocycles. The third-order valence-corrected chi connectivity index (χ3v) is 3.28. The second-order valence-corrected chi connectivity index (χ2v) is 5.37. The summed E-state index contributed by atoms with van der Waals surface area (Å²) in [6.07, 6.45) is 5.86. The molecule has 0 unspecified atom stereocenters. The molecule has 0 bridgehead atoms. The highest BCUT2D eigenvalue weighted by atomic mass is 16.5. The molecule has 0 saturated carbocycles. The van der Waals surface area contributed by atoms with E-state index in [1.165, 1.54) is 0 Å². The van der Waals surface area contributed by atoms with Crippen LogP contribution in [0, 0.1) is 5.92 Å². The van der Waals surface area contributed by atoms with Crippen LogP contribution < -0.4 is 5.32 Å². The van der Waals surface area contributed by atoms with Crippen LogP contribution in [0.2, 0.25) is 0 Å². The van der Waals surface area contributed by atoms with Crippen LogP contribution in [0.3, 0.4) is 0 Å².